The van der Waals surface area contributed by atoms with Crippen molar-refractivity contribution in [1.82, 2.24) is 14.9 Å². The van der Waals surface area contributed by atoms with Gasteiger partial charge in [0.1, 0.15) is 5.82 Å². The van der Waals surface area contributed by atoms with Gasteiger partial charge in [0.2, 0.25) is 17.6 Å². The van der Waals surface area contributed by atoms with E-state index in [1.807, 2.05) is 13.8 Å². The van der Waals surface area contributed by atoms with Crippen molar-refractivity contribution in [1.29, 1.82) is 0 Å². The van der Waals surface area contributed by atoms with Crippen molar-refractivity contribution in [2.75, 3.05) is 23.7 Å². The number of halogens is 3. The van der Waals surface area contributed by atoms with E-state index in [4.69, 9.17) is 4.42 Å². The molecule has 2 amide bonds. The number of pyridine rings is 1. The number of nitrogens with zero attached hydrogens (tertiary/aromatic N) is 3. The van der Waals surface area contributed by atoms with Crippen molar-refractivity contribution < 1.29 is 27.2 Å². The Morgan fingerprint density at radius 3 is 2.51 bits per heavy atom. The van der Waals surface area contributed by atoms with Gasteiger partial charge in [-0.15, -0.1) is 0 Å². The first-order valence-electron chi connectivity index (χ1n) is 11.1. The lowest BCUT2D eigenvalue weighted by atomic mass is 10.2. The van der Waals surface area contributed by atoms with Crippen LogP contribution in [-0.2, 0) is 11.0 Å². The van der Waals surface area contributed by atoms with E-state index in [1.54, 1.807) is 29.2 Å². The summed E-state index contributed by atoms with van der Waals surface area (Å²) < 4.78 is 45.4. The molecule has 184 valence electrons. The second-order valence-electron chi connectivity index (χ2n) is 8.52. The van der Waals surface area contributed by atoms with Crippen LogP contribution in [0.15, 0.2) is 53.1 Å². The molecule has 1 aliphatic heterocycles. The van der Waals surface area contributed by atoms with Crippen LogP contribution in [0.4, 0.5) is 24.7 Å². The smallest absolute Gasteiger partial charge is 0.431 e. The predicted octanol–water partition coefficient (Wildman–Crippen LogP) is 4.68. The zero-order valence-electron chi connectivity index (χ0n) is 19.1. The van der Waals surface area contributed by atoms with E-state index in [0.29, 0.717) is 24.5 Å². The number of nitrogens with one attached hydrogen (secondary N) is 2. The molecule has 1 saturated heterocycles. The zero-order chi connectivity index (χ0) is 25.2. The molecule has 3 heterocycles. The van der Waals surface area contributed by atoms with Gasteiger partial charge in [-0.25, -0.2) is 9.97 Å². The summed E-state index contributed by atoms with van der Waals surface area (Å²) in [6.45, 7) is 4.94. The molecule has 1 fully saturated rings. The van der Waals surface area contributed by atoms with Gasteiger partial charge < -0.3 is 20.0 Å². The van der Waals surface area contributed by atoms with E-state index in [2.05, 4.69) is 20.6 Å². The minimum atomic E-state index is -4.90. The Labute approximate surface area is 199 Å². The second-order valence-corrected chi connectivity index (χ2v) is 8.52. The summed E-state index contributed by atoms with van der Waals surface area (Å²) in [7, 11) is 0. The van der Waals surface area contributed by atoms with Gasteiger partial charge in [-0.3, -0.25) is 9.59 Å². The predicted molar refractivity (Wildman–Crippen MR) is 123 cm³/mol. The Balaban J connectivity index is 1.43. The van der Waals surface area contributed by atoms with Gasteiger partial charge in [-0.05, 0) is 30.7 Å². The summed E-state index contributed by atoms with van der Waals surface area (Å²) >= 11 is 0. The number of aromatic nitrogens is 2. The number of oxazole rings is 1. The molecular formula is C24H24F3N5O3. The number of likely N-dealkylation sites (tertiary alicyclic amines) is 1. The Kier molecular flexibility index (Phi) is 6.77. The number of carbonyl (C=O) groups excluding carboxylic acids is 2. The van der Waals surface area contributed by atoms with E-state index in [-0.39, 0.29) is 29.4 Å². The molecule has 0 bridgehead atoms. The highest BCUT2D eigenvalue weighted by molar-refractivity contribution is 6.04. The highest BCUT2D eigenvalue weighted by Crippen LogP contribution is 2.35. The van der Waals surface area contributed by atoms with Crippen LogP contribution < -0.4 is 10.6 Å². The van der Waals surface area contributed by atoms with Crippen LogP contribution in [0.1, 0.15) is 36.5 Å². The Hall–Kier alpha value is -3.89. The fourth-order valence-electron chi connectivity index (χ4n) is 3.77. The lowest BCUT2D eigenvalue weighted by Gasteiger charge is -2.19. The number of carbonyl (C=O) groups is 2. The van der Waals surface area contributed by atoms with Gasteiger partial charge in [0.25, 0.3) is 5.91 Å². The molecule has 35 heavy (non-hydrogen) atoms. The maximum absolute atomic E-state index is 13.5. The maximum Gasteiger partial charge on any atom is 0.452 e. The first kappa shape index (κ1) is 24.2. The third kappa shape index (κ3) is 5.61. The highest BCUT2D eigenvalue weighted by atomic mass is 19.4. The van der Waals surface area contributed by atoms with Crippen molar-refractivity contribution in [2.45, 2.75) is 32.5 Å². The fraction of sp³-hybridized carbons (Fsp3) is 0.333. The van der Waals surface area contributed by atoms with Gasteiger partial charge in [-0.1, -0.05) is 32.0 Å². The molecule has 3 aromatic rings. The van der Waals surface area contributed by atoms with Crippen LogP contribution in [0, 0.1) is 5.92 Å². The normalized spacial score (nSPS) is 15.9. The molecule has 0 aliphatic carbocycles. The molecule has 1 aromatic carbocycles. The number of hydrogen-bond donors (Lipinski definition) is 2. The van der Waals surface area contributed by atoms with Crippen molar-refractivity contribution in [3.05, 3.63) is 60.1 Å². The SMILES string of the molecule is CC(C)C(=O)N1CC[C@H](Nc2ccc(NC(=O)c3nc(-c4ccccc4)oc3C(F)(F)F)cn2)C1. The Bertz CT molecular complexity index is 1190. The van der Waals surface area contributed by atoms with E-state index in [9.17, 15) is 22.8 Å². The molecule has 2 aromatic heterocycles. The van der Waals surface area contributed by atoms with Crippen molar-refractivity contribution >= 4 is 23.3 Å². The molecule has 0 radical (unpaired) electrons. The van der Waals surface area contributed by atoms with Gasteiger partial charge in [0.05, 0.1) is 11.9 Å². The molecule has 2 N–H and O–H groups in total. The van der Waals surface area contributed by atoms with Crippen LogP contribution in [0.5, 0.6) is 0 Å². The monoisotopic (exact) mass is 487 g/mol. The number of rotatable bonds is 6. The van der Waals surface area contributed by atoms with Gasteiger partial charge in [0, 0.05) is 30.6 Å². The summed E-state index contributed by atoms with van der Waals surface area (Å²) in [5, 5.41) is 5.62. The summed E-state index contributed by atoms with van der Waals surface area (Å²) in [4.78, 5) is 34.6. The average molecular weight is 487 g/mol. The van der Waals surface area contributed by atoms with Crippen LogP contribution in [0.3, 0.4) is 0 Å². The van der Waals surface area contributed by atoms with E-state index >= 15 is 0 Å². The number of alkyl halides is 3. The summed E-state index contributed by atoms with van der Waals surface area (Å²) in [6.07, 6.45) is -2.79. The van der Waals surface area contributed by atoms with Crippen LogP contribution in [0.2, 0.25) is 0 Å². The lowest BCUT2D eigenvalue weighted by molar-refractivity contribution is -0.153. The van der Waals surface area contributed by atoms with Crippen LogP contribution in [-0.4, -0.2) is 45.8 Å². The largest absolute Gasteiger partial charge is 0.452 e. The number of hydrogen-bond acceptors (Lipinski definition) is 6. The molecule has 11 heteroatoms. The van der Waals surface area contributed by atoms with E-state index < -0.39 is 23.5 Å². The molecular weight excluding hydrogens is 463 g/mol. The zero-order valence-corrected chi connectivity index (χ0v) is 19.1. The highest BCUT2D eigenvalue weighted by Gasteiger charge is 2.42. The number of benzene rings is 1. The summed E-state index contributed by atoms with van der Waals surface area (Å²) in [6, 6.07) is 11.2. The molecule has 0 unspecified atom stereocenters. The van der Waals surface area contributed by atoms with Crippen LogP contribution in [0.25, 0.3) is 11.5 Å². The molecule has 1 aliphatic rings. The molecule has 1 atom stereocenters. The second kappa shape index (κ2) is 9.77. The number of amides is 2. The van der Waals surface area contributed by atoms with Gasteiger partial charge >= 0.3 is 6.18 Å². The van der Waals surface area contributed by atoms with Gasteiger partial charge in [0.15, 0.2) is 5.69 Å². The van der Waals surface area contributed by atoms with Crippen LogP contribution >= 0.6 is 0 Å². The van der Waals surface area contributed by atoms with Crippen molar-refractivity contribution in [2.24, 2.45) is 5.92 Å². The van der Waals surface area contributed by atoms with Gasteiger partial charge in [-0.2, -0.15) is 13.2 Å². The molecule has 0 spiro atoms. The minimum absolute atomic E-state index is 0.0338. The van der Waals surface area contributed by atoms with E-state index in [0.717, 1.165) is 6.42 Å². The third-order valence-corrected chi connectivity index (χ3v) is 5.49. The maximum atomic E-state index is 13.5. The average Bonchev–Trinajstić information content (AvgIpc) is 3.48. The molecule has 8 nitrogen and oxygen atoms in total. The molecule has 4 rings (SSSR count). The topological polar surface area (TPSA) is 100 Å². The Morgan fingerprint density at radius 1 is 1.14 bits per heavy atom. The minimum Gasteiger partial charge on any atom is -0.431 e. The van der Waals surface area contributed by atoms with Crippen molar-refractivity contribution in [3.8, 4) is 11.5 Å². The third-order valence-electron chi connectivity index (χ3n) is 5.49. The van der Waals surface area contributed by atoms with E-state index in [1.165, 1.54) is 24.4 Å². The first-order chi connectivity index (χ1) is 16.6. The summed E-state index contributed by atoms with van der Waals surface area (Å²) in [5.41, 5.74) is -0.352. The summed E-state index contributed by atoms with van der Waals surface area (Å²) in [5.74, 6) is -2.29. The first-order valence-corrected chi connectivity index (χ1v) is 11.1. The Morgan fingerprint density at radius 2 is 1.89 bits per heavy atom. The standard InChI is InChI=1S/C24H24F3N5O3/c1-14(2)23(34)32-11-10-17(13-32)29-18-9-8-16(12-28-18)30-21(33)19-20(24(25,26)27)35-22(31-19)15-6-4-3-5-7-15/h3-9,12,14,17H,10-11,13H2,1-2H3,(H,28,29)(H,30,33)/t17-/m0/s1. The molecule has 0 saturated carbocycles. The number of anilines is 2. The lowest BCUT2D eigenvalue weighted by Crippen LogP contribution is -2.34. The quantitative estimate of drug-likeness (QED) is 0.524. The fourth-order valence-corrected chi connectivity index (χ4v) is 3.77. The van der Waals surface area contributed by atoms with Crippen molar-refractivity contribution in [3.63, 3.8) is 0 Å².